The van der Waals surface area contributed by atoms with E-state index in [1.807, 2.05) is 24.9 Å². The molecule has 70 valence electrons. The molecule has 0 aliphatic rings. The maximum atomic E-state index is 5.53. The van der Waals surface area contributed by atoms with Crippen LogP contribution in [0.1, 0.15) is 26.7 Å². The fourth-order valence-corrected chi connectivity index (χ4v) is 0.920. The molecule has 0 saturated heterocycles. The SMILES string of the molecule is C/C=C\C(=C\CCC)N(C)CN. The highest BCUT2D eigenvalue weighted by atomic mass is 15.2. The summed E-state index contributed by atoms with van der Waals surface area (Å²) in [7, 11) is 2.00. The fourth-order valence-electron chi connectivity index (χ4n) is 0.920. The minimum Gasteiger partial charge on any atom is -0.362 e. The van der Waals surface area contributed by atoms with E-state index in [-0.39, 0.29) is 0 Å². The van der Waals surface area contributed by atoms with Crippen molar-refractivity contribution in [2.75, 3.05) is 13.7 Å². The molecular formula is C10H20N2. The number of hydrogen-bond donors (Lipinski definition) is 1. The summed E-state index contributed by atoms with van der Waals surface area (Å²) in [4.78, 5) is 2.04. The van der Waals surface area contributed by atoms with Gasteiger partial charge in [-0.2, -0.15) is 0 Å². The molecule has 0 heterocycles. The van der Waals surface area contributed by atoms with Gasteiger partial charge in [-0.05, 0) is 19.4 Å². The normalized spacial score (nSPS) is 12.5. The predicted octanol–water partition coefficient (Wildman–Crippen LogP) is 2.09. The summed E-state index contributed by atoms with van der Waals surface area (Å²) in [5.41, 5.74) is 6.74. The van der Waals surface area contributed by atoms with Crippen LogP contribution in [0.3, 0.4) is 0 Å². The first kappa shape index (κ1) is 11.2. The van der Waals surface area contributed by atoms with Crippen LogP contribution in [0.5, 0.6) is 0 Å². The molecule has 2 nitrogen and oxygen atoms in total. The zero-order valence-electron chi connectivity index (χ0n) is 8.38. The molecule has 0 saturated carbocycles. The lowest BCUT2D eigenvalue weighted by molar-refractivity contribution is 0.442. The van der Waals surface area contributed by atoms with Gasteiger partial charge in [0.05, 0.1) is 6.67 Å². The summed E-state index contributed by atoms with van der Waals surface area (Å²) in [6, 6.07) is 0. The molecule has 12 heavy (non-hydrogen) atoms. The van der Waals surface area contributed by atoms with E-state index in [4.69, 9.17) is 5.73 Å². The number of allylic oxidation sites excluding steroid dienone is 3. The van der Waals surface area contributed by atoms with Crippen molar-refractivity contribution >= 4 is 0 Å². The second-order valence-electron chi connectivity index (χ2n) is 2.80. The Balaban J connectivity index is 4.20. The van der Waals surface area contributed by atoms with E-state index in [2.05, 4.69) is 19.1 Å². The molecule has 0 aromatic heterocycles. The van der Waals surface area contributed by atoms with E-state index < -0.39 is 0 Å². The number of likely N-dealkylation sites (N-methyl/N-ethyl adjacent to an activating group) is 1. The van der Waals surface area contributed by atoms with Crippen LogP contribution in [0.2, 0.25) is 0 Å². The first-order valence-corrected chi connectivity index (χ1v) is 4.50. The minimum absolute atomic E-state index is 0.569. The molecule has 0 aliphatic carbocycles. The molecular weight excluding hydrogens is 148 g/mol. The van der Waals surface area contributed by atoms with Crippen LogP contribution in [-0.2, 0) is 0 Å². The van der Waals surface area contributed by atoms with Crippen molar-refractivity contribution in [3.63, 3.8) is 0 Å². The van der Waals surface area contributed by atoms with Crippen molar-refractivity contribution in [3.8, 4) is 0 Å². The van der Waals surface area contributed by atoms with Gasteiger partial charge in [0.2, 0.25) is 0 Å². The molecule has 0 fully saturated rings. The van der Waals surface area contributed by atoms with Crippen LogP contribution in [-0.4, -0.2) is 18.6 Å². The molecule has 0 amide bonds. The number of rotatable bonds is 5. The second-order valence-corrected chi connectivity index (χ2v) is 2.80. The summed E-state index contributed by atoms with van der Waals surface area (Å²) in [5.74, 6) is 0. The first-order valence-electron chi connectivity index (χ1n) is 4.50. The highest BCUT2D eigenvalue weighted by Crippen LogP contribution is 2.04. The molecule has 2 heteroatoms. The molecule has 0 rings (SSSR count). The van der Waals surface area contributed by atoms with Crippen molar-refractivity contribution in [2.24, 2.45) is 5.73 Å². The standard InChI is InChI=1S/C10H20N2/c1-4-6-8-10(7-5-2)12(3)9-11/h5,7-8H,4,6,9,11H2,1-3H3/b7-5-,10-8-. The van der Waals surface area contributed by atoms with Crippen LogP contribution >= 0.6 is 0 Å². The molecule has 0 radical (unpaired) electrons. The van der Waals surface area contributed by atoms with Crippen LogP contribution in [0, 0.1) is 0 Å². The number of hydrogen-bond acceptors (Lipinski definition) is 2. The molecule has 0 bridgehead atoms. The number of unbranched alkanes of at least 4 members (excludes halogenated alkanes) is 1. The predicted molar refractivity (Wildman–Crippen MR) is 54.6 cm³/mol. The number of nitrogens with zero attached hydrogens (tertiary/aromatic N) is 1. The van der Waals surface area contributed by atoms with Crippen molar-refractivity contribution in [1.29, 1.82) is 0 Å². The van der Waals surface area contributed by atoms with E-state index in [1.165, 1.54) is 12.1 Å². The van der Waals surface area contributed by atoms with Crippen molar-refractivity contribution in [3.05, 3.63) is 23.9 Å². The van der Waals surface area contributed by atoms with E-state index in [0.29, 0.717) is 6.67 Å². The monoisotopic (exact) mass is 168 g/mol. The third-order valence-corrected chi connectivity index (χ3v) is 1.69. The molecule has 0 atom stereocenters. The second kappa shape index (κ2) is 6.92. The van der Waals surface area contributed by atoms with Crippen LogP contribution in [0.25, 0.3) is 0 Å². The molecule has 2 N–H and O–H groups in total. The smallest absolute Gasteiger partial charge is 0.0653 e. The van der Waals surface area contributed by atoms with Gasteiger partial charge in [0.1, 0.15) is 0 Å². The quantitative estimate of drug-likeness (QED) is 0.503. The lowest BCUT2D eigenvalue weighted by Crippen LogP contribution is -2.24. The summed E-state index contributed by atoms with van der Waals surface area (Å²) in [6.07, 6.45) is 8.63. The van der Waals surface area contributed by atoms with E-state index in [9.17, 15) is 0 Å². The lowest BCUT2D eigenvalue weighted by Gasteiger charge is -2.17. The van der Waals surface area contributed by atoms with Gasteiger partial charge in [-0.1, -0.05) is 25.5 Å². The van der Waals surface area contributed by atoms with E-state index in [1.54, 1.807) is 0 Å². The number of nitrogens with two attached hydrogens (primary N) is 1. The minimum atomic E-state index is 0.569. The highest BCUT2D eigenvalue weighted by molar-refractivity contribution is 5.16. The first-order chi connectivity index (χ1) is 5.76. The van der Waals surface area contributed by atoms with Crippen molar-refractivity contribution in [2.45, 2.75) is 26.7 Å². The van der Waals surface area contributed by atoms with Gasteiger partial charge >= 0.3 is 0 Å². The largest absolute Gasteiger partial charge is 0.362 e. The van der Waals surface area contributed by atoms with Gasteiger partial charge < -0.3 is 10.6 Å². The van der Waals surface area contributed by atoms with Crippen LogP contribution in [0.4, 0.5) is 0 Å². The molecule has 0 aromatic carbocycles. The fraction of sp³-hybridized carbons (Fsp3) is 0.600. The van der Waals surface area contributed by atoms with E-state index >= 15 is 0 Å². The molecule has 0 aliphatic heterocycles. The van der Waals surface area contributed by atoms with Gasteiger partial charge in [-0.3, -0.25) is 0 Å². The van der Waals surface area contributed by atoms with Crippen molar-refractivity contribution < 1.29 is 0 Å². The Morgan fingerprint density at radius 3 is 2.58 bits per heavy atom. The zero-order chi connectivity index (χ0) is 9.40. The summed E-state index contributed by atoms with van der Waals surface area (Å²) in [5, 5.41) is 0. The topological polar surface area (TPSA) is 29.3 Å². The molecule has 0 unspecified atom stereocenters. The van der Waals surface area contributed by atoms with E-state index in [0.717, 1.165) is 6.42 Å². The average Bonchev–Trinajstić information content (AvgIpc) is 2.11. The molecule has 0 spiro atoms. The Kier molecular flexibility index (Phi) is 6.48. The van der Waals surface area contributed by atoms with Gasteiger partial charge in [0.25, 0.3) is 0 Å². The Morgan fingerprint density at radius 2 is 2.17 bits per heavy atom. The average molecular weight is 168 g/mol. The third kappa shape index (κ3) is 4.19. The maximum absolute atomic E-state index is 5.53. The summed E-state index contributed by atoms with van der Waals surface area (Å²) < 4.78 is 0. The van der Waals surface area contributed by atoms with Gasteiger partial charge in [0.15, 0.2) is 0 Å². The maximum Gasteiger partial charge on any atom is 0.0653 e. The Hall–Kier alpha value is -0.760. The Morgan fingerprint density at radius 1 is 1.50 bits per heavy atom. The van der Waals surface area contributed by atoms with Crippen LogP contribution < -0.4 is 5.73 Å². The summed E-state index contributed by atoms with van der Waals surface area (Å²) in [6.45, 7) is 4.76. The zero-order valence-corrected chi connectivity index (χ0v) is 8.38. The highest BCUT2D eigenvalue weighted by Gasteiger charge is 1.95. The molecule has 0 aromatic rings. The Bertz CT molecular complexity index is 159. The van der Waals surface area contributed by atoms with Gasteiger partial charge in [0, 0.05) is 12.7 Å². The van der Waals surface area contributed by atoms with Gasteiger partial charge in [-0.25, -0.2) is 0 Å². The summed E-state index contributed by atoms with van der Waals surface area (Å²) >= 11 is 0. The lowest BCUT2D eigenvalue weighted by atomic mass is 10.2. The third-order valence-electron chi connectivity index (χ3n) is 1.69. The Labute approximate surface area is 75.7 Å². The van der Waals surface area contributed by atoms with Crippen LogP contribution in [0.15, 0.2) is 23.9 Å². The van der Waals surface area contributed by atoms with Crippen molar-refractivity contribution in [1.82, 2.24) is 4.90 Å². The van der Waals surface area contributed by atoms with Gasteiger partial charge in [-0.15, -0.1) is 0 Å².